The lowest BCUT2D eigenvalue weighted by molar-refractivity contribution is -0.120. The number of aromatic nitrogens is 2. The number of Topliss-reactive ketones (excluding diaryl/α,β-unsaturated/α-hetero) is 1. The fraction of sp³-hybridized carbons (Fsp3) is 0.750. The summed E-state index contributed by atoms with van der Waals surface area (Å²) in [5.41, 5.74) is 1.14. The fourth-order valence-electron chi connectivity index (χ4n) is 3.59. The van der Waals surface area contributed by atoms with E-state index in [0.29, 0.717) is 11.7 Å². The molecule has 1 heterocycles. The Bertz CT molecular complexity index is 406. The van der Waals surface area contributed by atoms with Crippen LogP contribution >= 0.6 is 0 Å². The summed E-state index contributed by atoms with van der Waals surface area (Å²) in [6.45, 7) is 0. The van der Waals surface area contributed by atoms with Gasteiger partial charge in [-0.1, -0.05) is 38.5 Å². The summed E-state index contributed by atoms with van der Waals surface area (Å²) in [6, 6.07) is 0. The van der Waals surface area contributed by atoms with E-state index in [-0.39, 0.29) is 5.92 Å². The van der Waals surface area contributed by atoms with Gasteiger partial charge in [0.2, 0.25) is 0 Å². The minimum absolute atomic E-state index is 0.284. The molecular formula is C16H24N2O. The molecule has 2 saturated carbocycles. The zero-order chi connectivity index (χ0) is 13.1. The Balaban J connectivity index is 1.36. The van der Waals surface area contributed by atoms with Gasteiger partial charge < -0.3 is 4.98 Å². The van der Waals surface area contributed by atoms with Crippen LogP contribution in [0.3, 0.4) is 0 Å². The first kappa shape index (κ1) is 12.9. The van der Waals surface area contributed by atoms with Gasteiger partial charge >= 0.3 is 0 Å². The van der Waals surface area contributed by atoms with Crippen LogP contribution in [0, 0.1) is 11.8 Å². The molecule has 0 amide bonds. The van der Waals surface area contributed by atoms with Crippen molar-refractivity contribution in [1.82, 2.24) is 9.97 Å². The van der Waals surface area contributed by atoms with Gasteiger partial charge in [-0.05, 0) is 18.8 Å². The predicted octanol–water partition coefficient (Wildman–Crippen LogP) is 3.83. The Kier molecular flexibility index (Phi) is 4.00. The van der Waals surface area contributed by atoms with E-state index >= 15 is 0 Å². The number of H-pyrrole nitrogens is 1. The number of nitrogens with zero attached hydrogens (tertiary/aromatic N) is 1. The van der Waals surface area contributed by atoms with E-state index in [2.05, 4.69) is 9.97 Å². The second kappa shape index (κ2) is 5.89. The van der Waals surface area contributed by atoms with E-state index in [0.717, 1.165) is 30.9 Å². The standard InChI is InChI=1S/C16H24N2O/c19-16(8-4-7-12-5-2-1-3-6-12)14-9-13(14)15-10-17-11-18-15/h10-14H,1-9H2,(H,17,18)/t13-,14-/m1/s1. The molecule has 2 atom stereocenters. The van der Waals surface area contributed by atoms with Gasteiger partial charge in [0.15, 0.2) is 0 Å². The SMILES string of the molecule is O=C(CCCC1CCCCC1)[C@@H]1C[C@H]1c1cnc[nH]1. The van der Waals surface area contributed by atoms with E-state index in [1.807, 2.05) is 6.20 Å². The van der Waals surface area contributed by atoms with Gasteiger partial charge in [-0.3, -0.25) is 4.79 Å². The van der Waals surface area contributed by atoms with Gasteiger partial charge in [-0.25, -0.2) is 4.98 Å². The molecule has 19 heavy (non-hydrogen) atoms. The third-order valence-corrected chi connectivity index (χ3v) is 4.88. The molecule has 0 spiro atoms. The van der Waals surface area contributed by atoms with E-state index in [9.17, 15) is 4.79 Å². The molecule has 0 unspecified atom stereocenters. The molecule has 1 aromatic heterocycles. The summed E-state index contributed by atoms with van der Waals surface area (Å²) in [5, 5.41) is 0. The number of aromatic amines is 1. The zero-order valence-electron chi connectivity index (χ0n) is 11.6. The third kappa shape index (κ3) is 3.26. The smallest absolute Gasteiger partial charge is 0.136 e. The normalized spacial score (nSPS) is 27.4. The molecule has 2 aliphatic carbocycles. The third-order valence-electron chi connectivity index (χ3n) is 4.88. The lowest BCUT2D eigenvalue weighted by Crippen LogP contribution is -2.08. The highest BCUT2D eigenvalue weighted by molar-refractivity contribution is 5.84. The monoisotopic (exact) mass is 260 g/mol. The molecule has 3 heteroatoms. The van der Waals surface area contributed by atoms with Crippen LogP contribution in [0.5, 0.6) is 0 Å². The van der Waals surface area contributed by atoms with Crippen molar-refractivity contribution in [1.29, 1.82) is 0 Å². The van der Waals surface area contributed by atoms with Gasteiger partial charge in [0, 0.05) is 30.1 Å². The maximum Gasteiger partial charge on any atom is 0.136 e. The van der Waals surface area contributed by atoms with Crippen molar-refractivity contribution in [2.24, 2.45) is 11.8 Å². The largest absolute Gasteiger partial charge is 0.348 e. The van der Waals surface area contributed by atoms with Crippen LogP contribution in [0.15, 0.2) is 12.5 Å². The first-order chi connectivity index (χ1) is 9.34. The summed E-state index contributed by atoms with van der Waals surface area (Å²) in [5.74, 6) is 2.11. The molecular weight excluding hydrogens is 236 g/mol. The van der Waals surface area contributed by atoms with Crippen molar-refractivity contribution in [2.75, 3.05) is 0 Å². The van der Waals surface area contributed by atoms with Crippen LogP contribution in [-0.4, -0.2) is 15.8 Å². The van der Waals surface area contributed by atoms with Gasteiger partial charge in [0.05, 0.1) is 6.33 Å². The van der Waals surface area contributed by atoms with Crippen LogP contribution in [0.4, 0.5) is 0 Å². The van der Waals surface area contributed by atoms with E-state index < -0.39 is 0 Å². The number of nitrogens with one attached hydrogen (secondary N) is 1. The molecule has 0 saturated heterocycles. The van der Waals surface area contributed by atoms with Crippen molar-refractivity contribution in [3.05, 3.63) is 18.2 Å². The summed E-state index contributed by atoms with van der Waals surface area (Å²) < 4.78 is 0. The number of carbonyl (C=O) groups is 1. The number of hydrogen-bond acceptors (Lipinski definition) is 2. The molecule has 2 fully saturated rings. The second-order valence-corrected chi connectivity index (χ2v) is 6.32. The van der Waals surface area contributed by atoms with Gasteiger partial charge in [-0.15, -0.1) is 0 Å². The van der Waals surface area contributed by atoms with Crippen LogP contribution in [0.25, 0.3) is 0 Å². The van der Waals surface area contributed by atoms with E-state index in [1.165, 1.54) is 38.5 Å². The number of imidazole rings is 1. The molecule has 3 rings (SSSR count). The van der Waals surface area contributed by atoms with Gasteiger partial charge in [0.25, 0.3) is 0 Å². The Hall–Kier alpha value is -1.12. The quantitative estimate of drug-likeness (QED) is 0.844. The van der Waals surface area contributed by atoms with Crippen molar-refractivity contribution in [3.63, 3.8) is 0 Å². The Morgan fingerprint density at radius 2 is 2.16 bits per heavy atom. The summed E-state index contributed by atoms with van der Waals surface area (Å²) in [7, 11) is 0. The van der Waals surface area contributed by atoms with Gasteiger partial charge in [0.1, 0.15) is 5.78 Å². The van der Waals surface area contributed by atoms with Crippen LogP contribution in [-0.2, 0) is 4.79 Å². The maximum atomic E-state index is 12.1. The highest BCUT2D eigenvalue weighted by Gasteiger charge is 2.43. The average Bonchev–Trinajstić information content (AvgIpc) is 3.06. The molecule has 0 bridgehead atoms. The van der Waals surface area contributed by atoms with E-state index in [4.69, 9.17) is 0 Å². The molecule has 2 aliphatic rings. The Morgan fingerprint density at radius 1 is 1.32 bits per heavy atom. The zero-order valence-corrected chi connectivity index (χ0v) is 11.6. The van der Waals surface area contributed by atoms with Crippen molar-refractivity contribution in [2.45, 2.75) is 63.7 Å². The lowest BCUT2D eigenvalue weighted by Gasteiger charge is -2.21. The van der Waals surface area contributed by atoms with Gasteiger partial charge in [-0.2, -0.15) is 0 Å². The van der Waals surface area contributed by atoms with Crippen LogP contribution in [0.1, 0.15) is 69.4 Å². The number of carbonyl (C=O) groups excluding carboxylic acids is 1. The fourth-order valence-corrected chi connectivity index (χ4v) is 3.59. The Morgan fingerprint density at radius 3 is 2.89 bits per heavy atom. The molecule has 3 nitrogen and oxygen atoms in total. The molecule has 1 aromatic rings. The number of ketones is 1. The van der Waals surface area contributed by atoms with Crippen LogP contribution in [0.2, 0.25) is 0 Å². The maximum absolute atomic E-state index is 12.1. The second-order valence-electron chi connectivity index (χ2n) is 6.32. The predicted molar refractivity (Wildman–Crippen MR) is 74.9 cm³/mol. The summed E-state index contributed by atoms with van der Waals surface area (Å²) in [6.07, 6.45) is 14.8. The Labute approximate surface area is 115 Å². The minimum atomic E-state index is 0.284. The molecule has 0 aliphatic heterocycles. The topological polar surface area (TPSA) is 45.8 Å². The summed E-state index contributed by atoms with van der Waals surface area (Å²) in [4.78, 5) is 19.3. The molecule has 0 aromatic carbocycles. The minimum Gasteiger partial charge on any atom is -0.348 e. The average molecular weight is 260 g/mol. The number of rotatable bonds is 6. The lowest BCUT2D eigenvalue weighted by atomic mass is 9.85. The van der Waals surface area contributed by atoms with Crippen LogP contribution < -0.4 is 0 Å². The molecule has 0 radical (unpaired) electrons. The highest BCUT2D eigenvalue weighted by Crippen LogP contribution is 2.47. The molecule has 1 N–H and O–H groups in total. The first-order valence-electron chi connectivity index (χ1n) is 7.85. The first-order valence-corrected chi connectivity index (χ1v) is 7.85. The van der Waals surface area contributed by atoms with Crippen molar-refractivity contribution >= 4 is 5.78 Å². The van der Waals surface area contributed by atoms with Crippen molar-refractivity contribution in [3.8, 4) is 0 Å². The molecule has 104 valence electrons. The van der Waals surface area contributed by atoms with E-state index in [1.54, 1.807) is 6.33 Å². The summed E-state index contributed by atoms with van der Waals surface area (Å²) >= 11 is 0. The van der Waals surface area contributed by atoms with Crippen molar-refractivity contribution < 1.29 is 4.79 Å². The highest BCUT2D eigenvalue weighted by atomic mass is 16.1. The number of hydrogen-bond donors (Lipinski definition) is 1.